The minimum Gasteiger partial charge on any atom is -0.312 e. The van der Waals surface area contributed by atoms with E-state index in [-0.39, 0.29) is 22.2 Å². The lowest BCUT2D eigenvalue weighted by molar-refractivity contribution is -0.118. The van der Waals surface area contributed by atoms with Gasteiger partial charge in [-0.05, 0) is 39.4 Å². The summed E-state index contributed by atoms with van der Waals surface area (Å²) in [4.78, 5) is 14.9. The molecule has 2 heteroatoms. The van der Waals surface area contributed by atoms with E-state index in [9.17, 15) is 4.79 Å². The van der Waals surface area contributed by atoms with Crippen molar-refractivity contribution in [3.63, 3.8) is 0 Å². The Hall–Kier alpha value is -1.31. The Morgan fingerprint density at radius 1 is 0.808 bits per heavy atom. The lowest BCUT2D eigenvalue weighted by Gasteiger charge is -2.37. The van der Waals surface area contributed by atoms with E-state index in [4.69, 9.17) is 0 Å². The highest BCUT2D eigenvalue weighted by atomic mass is 16.2. The molecule has 148 valence electrons. The van der Waals surface area contributed by atoms with Crippen LogP contribution in [0.25, 0.3) is 0 Å². The van der Waals surface area contributed by atoms with Gasteiger partial charge in [-0.1, -0.05) is 88.3 Å². The molecule has 0 bridgehead atoms. The van der Waals surface area contributed by atoms with Crippen molar-refractivity contribution in [2.75, 3.05) is 11.4 Å². The number of carbonyl (C=O) groups is 1. The fourth-order valence-electron chi connectivity index (χ4n) is 3.28. The minimum atomic E-state index is -0.0311. The molecule has 0 saturated heterocycles. The monoisotopic (exact) mass is 359 g/mol. The summed E-state index contributed by atoms with van der Waals surface area (Å²) in [6, 6.07) is 4.69. The molecule has 26 heavy (non-hydrogen) atoms. The van der Waals surface area contributed by atoms with Crippen LogP contribution in [0, 0.1) is 0 Å². The van der Waals surface area contributed by atoms with E-state index in [1.54, 1.807) is 0 Å². The highest BCUT2D eigenvalue weighted by Gasteiger charge is 2.32. The summed E-state index contributed by atoms with van der Waals surface area (Å²) in [7, 11) is 0. The zero-order chi connectivity index (χ0) is 20.5. The van der Waals surface area contributed by atoms with Crippen LogP contribution in [0.5, 0.6) is 0 Å². The predicted octanol–water partition coefficient (Wildman–Crippen LogP) is 6.73. The largest absolute Gasteiger partial charge is 0.312 e. The molecule has 2 nitrogen and oxygen atoms in total. The maximum absolute atomic E-state index is 12.9. The minimum absolute atomic E-state index is 0.0311. The summed E-state index contributed by atoms with van der Waals surface area (Å²) >= 11 is 0. The van der Waals surface area contributed by atoms with Crippen molar-refractivity contribution in [2.45, 2.75) is 105 Å². The fourth-order valence-corrected chi connectivity index (χ4v) is 3.28. The highest BCUT2D eigenvalue weighted by molar-refractivity contribution is 5.95. The van der Waals surface area contributed by atoms with Crippen molar-refractivity contribution in [1.82, 2.24) is 0 Å². The fraction of sp³-hybridized carbons (Fsp3) is 0.708. The molecule has 0 unspecified atom stereocenters. The van der Waals surface area contributed by atoms with Gasteiger partial charge in [0.1, 0.15) is 0 Å². The van der Waals surface area contributed by atoms with Crippen LogP contribution in [-0.2, 0) is 21.0 Å². The zero-order valence-electron chi connectivity index (χ0n) is 19.1. The second kappa shape index (κ2) is 7.74. The van der Waals surface area contributed by atoms with Crippen LogP contribution in [0.3, 0.4) is 0 Å². The molecule has 0 spiro atoms. The number of benzene rings is 1. The quantitative estimate of drug-likeness (QED) is 0.583. The first-order chi connectivity index (χ1) is 11.6. The van der Waals surface area contributed by atoms with Crippen molar-refractivity contribution in [3.05, 3.63) is 28.8 Å². The van der Waals surface area contributed by atoms with E-state index in [1.807, 2.05) is 11.8 Å². The van der Waals surface area contributed by atoms with Crippen molar-refractivity contribution < 1.29 is 4.79 Å². The predicted molar refractivity (Wildman–Crippen MR) is 115 cm³/mol. The summed E-state index contributed by atoms with van der Waals surface area (Å²) < 4.78 is 0. The molecule has 0 heterocycles. The van der Waals surface area contributed by atoms with Gasteiger partial charge in [0.25, 0.3) is 0 Å². The zero-order valence-corrected chi connectivity index (χ0v) is 19.1. The first-order valence-electron chi connectivity index (χ1n) is 10.1. The number of rotatable bonds is 4. The van der Waals surface area contributed by atoms with E-state index in [0.717, 1.165) is 18.7 Å². The SMILES string of the molecule is CCCN(C(=O)CC)c1c(C(C)(C)C)cc(C(C)(C)C)cc1C(C)(C)C. The standard InChI is InChI=1S/C24H41NO/c1-12-14-25(20(26)13-2)21-18(23(6,7)8)15-17(22(3,4)5)16-19(21)24(9,10)11/h15-16H,12-14H2,1-11H3. The van der Waals surface area contributed by atoms with Gasteiger partial charge < -0.3 is 4.90 Å². The average molecular weight is 360 g/mol. The van der Waals surface area contributed by atoms with Crippen LogP contribution in [-0.4, -0.2) is 12.5 Å². The number of nitrogens with zero attached hydrogens (tertiary/aromatic N) is 1. The molecule has 1 amide bonds. The Kier molecular flexibility index (Phi) is 6.77. The number of anilines is 1. The molecular weight excluding hydrogens is 318 g/mol. The van der Waals surface area contributed by atoms with Gasteiger partial charge in [0, 0.05) is 13.0 Å². The van der Waals surface area contributed by atoms with Gasteiger partial charge in [-0.2, -0.15) is 0 Å². The Morgan fingerprint density at radius 3 is 1.50 bits per heavy atom. The second-order valence-electron chi connectivity index (χ2n) is 10.6. The van der Waals surface area contributed by atoms with Gasteiger partial charge in [0.15, 0.2) is 0 Å². The molecule has 0 atom stereocenters. The number of amides is 1. The summed E-state index contributed by atoms with van der Waals surface area (Å²) in [5, 5.41) is 0. The Bertz CT molecular complexity index is 601. The Labute approximate surface area is 162 Å². The molecule has 1 aromatic rings. The van der Waals surface area contributed by atoms with E-state index < -0.39 is 0 Å². The molecule has 1 rings (SSSR count). The lowest BCUT2D eigenvalue weighted by atomic mass is 9.73. The molecule has 0 aromatic heterocycles. The smallest absolute Gasteiger partial charge is 0.226 e. The highest BCUT2D eigenvalue weighted by Crippen LogP contribution is 2.43. The first kappa shape index (κ1) is 22.7. The van der Waals surface area contributed by atoms with Gasteiger partial charge >= 0.3 is 0 Å². The Morgan fingerprint density at radius 2 is 1.23 bits per heavy atom. The first-order valence-corrected chi connectivity index (χ1v) is 10.1. The average Bonchev–Trinajstić information content (AvgIpc) is 2.48. The number of hydrogen-bond donors (Lipinski definition) is 0. The van der Waals surface area contributed by atoms with E-state index in [2.05, 4.69) is 81.4 Å². The maximum Gasteiger partial charge on any atom is 0.226 e. The number of hydrogen-bond acceptors (Lipinski definition) is 1. The van der Waals surface area contributed by atoms with Crippen LogP contribution in [0.1, 0.15) is 106 Å². The summed E-state index contributed by atoms with van der Waals surface area (Å²) in [5.74, 6) is 0.214. The third-order valence-electron chi connectivity index (χ3n) is 4.91. The van der Waals surface area contributed by atoms with Crippen molar-refractivity contribution in [1.29, 1.82) is 0 Å². The molecule has 0 aliphatic heterocycles. The summed E-state index contributed by atoms with van der Waals surface area (Å²) in [6.07, 6.45) is 1.49. The van der Waals surface area contributed by atoms with Crippen molar-refractivity contribution >= 4 is 11.6 Å². The van der Waals surface area contributed by atoms with Crippen molar-refractivity contribution in [3.8, 4) is 0 Å². The molecule has 0 N–H and O–H groups in total. The van der Waals surface area contributed by atoms with Gasteiger partial charge in [0.05, 0.1) is 5.69 Å². The molecule has 0 fully saturated rings. The number of carbonyl (C=O) groups excluding carboxylic acids is 1. The molecule has 0 aliphatic rings. The normalized spacial score (nSPS) is 13.0. The maximum atomic E-state index is 12.9. The van der Waals surface area contributed by atoms with Crippen LogP contribution in [0.2, 0.25) is 0 Å². The molecule has 0 radical (unpaired) electrons. The lowest BCUT2D eigenvalue weighted by Crippen LogP contribution is -2.36. The third kappa shape index (κ3) is 5.11. The van der Waals surface area contributed by atoms with Gasteiger partial charge in [0.2, 0.25) is 5.91 Å². The van der Waals surface area contributed by atoms with Crippen LogP contribution < -0.4 is 4.90 Å². The van der Waals surface area contributed by atoms with Gasteiger partial charge in [-0.25, -0.2) is 0 Å². The third-order valence-corrected chi connectivity index (χ3v) is 4.91. The van der Waals surface area contributed by atoms with E-state index >= 15 is 0 Å². The molecule has 1 aromatic carbocycles. The second-order valence-corrected chi connectivity index (χ2v) is 10.6. The molecule has 0 saturated carbocycles. The van der Waals surface area contributed by atoms with Crippen LogP contribution in [0.15, 0.2) is 12.1 Å². The topological polar surface area (TPSA) is 20.3 Å². The summed E-state index contributed by atoms with van der Waals surface area (Å²) in [6.45, 7) is 25.2. The van der Waals surface area contributed by atoms with Crippen LogP contribution >= 0.6 is 0 Å². The van der Waals surface area contributed by atoms with Crippen LogP contribution in [0.4, 0.5) is 5.69 Å². The molecular formula is C24H41NO. The van der Waals surface area contributed by atoms with E-state index in [1.165, 1.54) is 16.7 Å². The van der Waals surface area contributed by atoms with Crippen molar-refractivity contribution in [2.24, 2.45) is 0 Å². The van der Waals surface area contributed by atoms with E-state index in [0.29, 0.717) is 6.42 Å². The van der Waals surface area contributed by atoms with Gasteiger partial charge in [-0.3, -0.25) is 4.79 Å². The Balaban J connectivity index is 3.98. The van der Waals surface area contributed by atoms with Gasteiger partial charge in [-0.15, -0.1) is 0 Å². The summed E-state index contributed by atoms with van der Waals surface area (Å²) in [5.41, 5.74) is 5.06. The molecule has 0 aliphatic carbocycles.